The monoisotopic (exact) mass is 340 g/mol. The molecule has 0 radical (unpaired) electrons. The van der Waals surface area contributed by atoms with Gasteiger partial charge >= 0.3 is 6.03 Å². The minimum atomic E-state index is -3.04. The number of ether oxygens (including phenoxy) is 1. The van der Waals surface area contributed by atoms with Gasteiger partial charge in [0.25, 0.3) is 0 Å². The number of nitrogens with one attached hydrogen (secondary N) is 1. The van der Waals surface area contributed by atoms with Crippen LogP contribution in [0.5, 0.6) is 0 Å². The first kappa shape index (κ1) is 17.7. The van der Waals surface area contributed by atoms with Gasteiger partial charge in [-0.25, -0.2) is 13.2 Å². The summed E-state index contributed by atoms with van der Waals surface area (Å²) in [5.41, 5.74) is 2.16. The average molecular weight is 340 g/mol. The van der Waals surface area contributed by atoms with Crippen molar-refractivity contribution in [2.24, 2.45) is 0 Å². The normalized spacial score (nSPS) is 19.5. The van der Waals surface area contributed by atoms with Gasteiger partial charge in [0, 0.05) is 26.2 Å². The van der Waals surface area contributed by atoms with E-state index < -0.39 is 9.84 Å². The summed E-state index contributed by atoms with van der Waals surface area (Å²) in [4.78, 5) is 14.1. The molecule has 0 aliphatic carbocycles. The number of nitrogens with zero attached hydrogens (tertiary/aromatic N) is 1. The molecule has 2 rings (SSSR count). The molecular weight excluding hydrogens is 316 g/mol. The second-order valence-corrected chi connectivity index (χ2v) is 8.06. The Kier molecular flexibility index (Phi) is 6.01. The number of carbonyl (C=O) groups is 1. The molecule has 0 saturated carbocycles. The molecule has 1 saturated heterocycles. The van der Waals surface area contributed by atoms with Crippen LogP contribution in [-0.2, 0) is 21.1 Å². The number of aryl methyl sites for hydroxylation is 1. The lowest BCUT2D eigenvalue weighted by Crippen LogP contribution is -2.48. The molecule has 1 aliphatic heterocycles. The molecule has 7 heteroatoms. The molecule has 1 aromatic carbocycles. The highest BCUT2D eigenvalue weighted by molar-refractivity contribution is 7.91. The van der Waals surface area contributed by atoms with Gasteiger partial charge in [0.2, 0.25) is 0 Å². The highest BCUT2D eigenvalue weighted by atomic mass is 32.2. The van der Waals surface area contributed by atoms with Crippen LogP contribution in [0.25, 0.3) is 0 Å². The fourth-order valence-corrected chi connectivity index (χ4v) is 4.47. The van der Waals surface area contributed by atoms with Crippen molar-refractivity contribution in [1.82, 2.24) is 10.2 Å². The van der Waals surface area contributed by atoms with E-state index in [-0.39, 0.29) is 23.6 Å². The van der Waals surface area contributed by atoms with Crippen LogP contribution in [-0.4, -0.2) is 57.2 Å². The Hall–Kier alpha value is -1.60. The van der Waals surface area contributed by atoms with Crippen LogP contribution >= 0.6 is 0 Å². The molecule has 1 aromatic rings. The topological polar surface area (TPSA) is 75.7 Å². The summed E-state index contributed by atoms with van der Waals surface area (Å²) in [6.07, 6.45) is 0.490. The van der Waals surface area contributed by atoms with E-state index in [0.717, 1.165) is 11.1 Å². The third kappa shape index (κ3) is 4.94. The van der Waals surface area contributed by atoms with Crippen LogP contribution in [0.4, 0.5) is 4.79 Å². The lowest BCUT2D eigenvalue weighted by atomic mass is 10.1. The maximum atomic E-state index is 12.5. The van der Waals surface area contributed by atoms with Gasteiger partial charge in [0.1, 0.15) is 0 Å². The first-order chi connectivity index (χ1) is 10.9. The van der Waals surface area contributed by atoms with E-state index in [1.807, 2.05) is 31.2 Å². The summed E-state index contributed by atoms with van der Waals surface area (Å²) in [6.45, 7) is 3.19. The van der Waals surface area contributed by atoms with Gasteiger partial charge in [-0.05, 0) is 24.5 Å². The van der Waals surface area contributed by atoms with E-state index in [0.29, 0.717) is 26.1 Å². The molecule has 1 fully saturated rings. The molecule has 1 unspecified atom stereocenters. The van der Waals surface area contributed by atoms with Crippen molar-refractivity contribution in [3.05, 3.63) is 35.4 Å². The predicted octanol–water partition coefficient (Wildman–Crippen LogP) is 1.34. The number of hydrogen-bond acceptors (Lipinski definition) is 4. The van der Waals surface area contributed by atoms with Crippen LogP contribution in [0.2, 0.25) is 0 Å². The predicted molar refractivity (Wildman–Crippen MR) is 89.1 cm³/mol. The number of carbonyl (C=O) groups excluding carboxylic acids is 1. The first-order valence-corrected chi connectivity index (χ1v) is 9.53. The number of methoxy groups -OCH3 is 1. The molecular formula is C16H24N2O4S. The van der Waals surface area contributed by atoms with Crippen molar-refractivity contribution < 1.29 is 17.9 Å². The summed E-state index contributed by atoms with van der Waals surface area (Å²) in [7, 11) is -1.47. The molecule has 0 aromatic heterocycles. The van der Waals surface area contributed by atoms with E-state index in [1.165, 1.54) is 0 Å². The van der Waals surface area contributed by atoms with Gasteiger partial charge in [-0.15, -0.1) is 0 Å². The summed E-state index contributed by atoms with van der Waals surface area (Å²) in [6, 6.07) is 7.33. The van der Waals surface area contributed by atoms with Gasteiger partial charge < -0.3 is 15.0 Å². The Labute approximate surface area is 137 Å². The fraction of sp³-hybridized carbons (Fsp3) is 0.562. The van der Waals surface area contributed by atoms with Gasteiger partial charge in [-0.3, -0.25) is 0 Å². The Morgan fingerprint density at radius 1 is 1.39 bits per heavy atom. The second kappa shape index (κ2) is 7.79. The quantitative estimate of drug-likeness (QED) is 0.848. The molecule has 0 spiro atoms. The van der Waals surface area contributed by atoms with Crippen LogP contribution in [0.3, 0.4) is 0 Å². The summed E-state index contributed by atoms with van der Waals surface area (Å²) in [5.74, 6) is 0.181. The zero-order valence-corrected chi connectivity index (χ0v) is 14.4. The maximum Gasteiger partial charge on any atom is 0.318 e. The lowest BCUT2D eigenvalue weighted by molar-refractivity contribution is 0.133. The minimum Gasteiger partial charge on any atom is -0.383 e. The summed E-state index contributed by atoms with van der Waals surface area (Å²) in [5, 5.41) is 2.89. The van der Waals surface area contributed by atoms with Crippen molar-refractivity contribution in [3.8, 4) is 0 Å². The largest absolute Gasteiger partial charge is 0.383 e. The Morgan fingerprint density at radius 2 is 2.13 bits per heavy atom. The SMILES string of the molecule is COCCN(C(=O)NCc1ccccc1C)C1CCS(=O)(=O)C1. The molecule has 1 N–H and O–H groups in total. The molecule has 128 valence electrons. The fourth-order valence-electron chi connectivity index (χ4n) is 2.74. The maximum absolute atomic E-state index is 12.5. The van der Waals surface area contributed by atoms with Gasteiger partial charge in [-0.2, -0.15) is 0 Å². The highest BCUT2D eigenvalue weighted by Crippen LogP contribution is 2.18. The molecule has 1 heterocycles. The third-order valence-corrected chi connectivity index (χ3v) is 5.89. The van der Waals surface area contributed by atoms with Gasteiger partial charge in [0.15, 0.2) is 9.84 Å². The Bertz CT molecular complexity index is 645. The smallest absolute Gasteiger partial charge is 0.318 e. The average Bonchev–Trinajstić information content (AvgIpc) is 2.87. The van der Waals surface area contributed by atoms with Crippen LogP contribution < -0.4 is 5.32 Å². The minimum absolute atomic E-state index is 0.0362. The third-order valence-electron chi connectivity index (χ3n) is 4.14. The van der Waals surface area contributed by atoms with E-state index in [1.54, 1.807) is 12.0 Å². The van der Waals surface area contributed by atoms with E-state index >= 15 is 0 Å². The Balaban J connectivity index is 2.00. The van der Waals surface area contributed by atoms with Crippen LogP contribution in [0.15, 0.2) is 24.3 Å². The molecule has 1 aliphatic rings. The highest BCUT2D eigenvalue weighted by Gasteiger charge is 2.34. The molecule has 2 amide bonds. The summed E-state index contributed by atoms with van der Waals surface area (Å²) < 4.78 is 28.4. The molecule has 23 heavy (non-hydrogen) atoms. The number of amides is 2. The van der Waals surface area contributed by atoms with E-state index in [4.69, 9.17) is 4.74 Å². The second-order valence-electron chi connectivity index (χ2n) is 5.83. The van der Waals surface area contributed by atoms with Crippen LogP contribution in [0.1, 0.15) is 17.5 Å². The number of sulfone groups is 1. The van der Waals surface area contributed by atoms with Crippen molar-refractivity contribution in [1.29, 1.82) is 0 Å². The molecule has 1 atom stereocenters. The van der Waals surface area contributed by atoms with E-state index in [2.05, 4.69) is 5.32 Å². The molecule has 0 bridgehead atoms. The number of hydrogen-bond donors (Lipinski definition) is 1. The number of urea groups is 1. The lowest BCUT2D eigenvalue weighted by Gasteiger charge is -2.28. The van der Waals surface area contributed by atoms with Crippen molar-refractivity contribution in [2.45, 2.75) is 25.9 Å². The standard InChI is InChI=1S/C16H24N2O4S/c1-13-5-3-4-6-14(13)11-17-16(19)18(8-9-22-2)15-7-10-23(20,21)12-15/h3-6,15H,7-12H2,1-2H3,(H,17,19). The van der Waals surface area contributed by atoms with Gasteiger partial charge in [-0.1, -0.05) is 24.3 Å². The zero-order valence-electron chi connectivity index (χ0n) is 13.6. The number of benzene rings is 1. The summed E-state index contributed by atoms with van der Waals surface area (Å²) >= 11 is 0. The van der Waals surface area contributed by atoms with Crippen LogP contribution in [0, 0.1) is 6.92 Å². The number of rotatable bonds is 6. The first-order valence-electron chi connectivity index (χ1n) is 7.71. The molecule has 6 nitrogen and oxygen atoms in total. The zero-order chi connectivity index (χ0) is 16.9. The Morgan fingerprint density at radius 3 is 2.74 bits per heavy atom. The van der Waals surface area contributed by atoms with Crippen molar-refractivity contribution >= 4 is 15.9 Å². The van der Waals surface area contributed by atoms with Crippen molar-refractivity contribution in [2.75, 3.05) is 31.8 Å². The van der Waals surface area contributed by atoms with E-state index in [9.17, 15) is 13.2 Å². The van der Waals surface area contributed by atoms with Crippen molar-refractivity contribution in [3.63, 3.8) is 0 Å². The van der Waals surface area contributed by atoms with Gasteiger partial charge in [0.05, 0.1) is 18.1 Å².